The number of rotatable bonds is 3. The van der Waals surface area contributed by atoms with Gasteiger partial charge in [0.2, 0.25) is 5.91 Å². The summed E-state index contributed by atoms with van der Waals surface area (Å²) in [4.78, 5) is 16.1. The highest BCUT2D eigenvalue weighted by Crippen LogP contribution is 2.14. The number of carbonyl (C=O) groups excluding carboxylic acids is 1. The summed E-state index contributed by atoms with van der Waals surface area (Å²) in [5, 5.41) is 15.5. The Hall–Kier alpha value is -2.25. The molecule has 0 unspecified atom stereocenters. The zero-order valence-electron chi connectivity index (χ0n) is 11.4. The number of anilines is 1. The molecule has 8 heteroatoms. The third kappa shape index (κ3) is 2.40. The topological polar surface area (TPSA) is 79.5 Å². The number of aromatic nitrogens is 5. The van der Waals surface area contributed by atoms with Gasteiger partial charge in [-0.1, -0.05) is 6.92 Å². The summed E-state index contributed by atoms with van der Waals surface area (Å²) >= 11 is 0. The van der Waals surface area contributed by atoms with Gasteiger partial charge in [0.05, 0.1) is 6.54 Å². The van der Waals surface area contributed by atoms with Crippen molar-refractivity contribution in [2.45, 2.75) is 19.8 Å². The Morgan fingerprint density at radius 1 is 1.30 bits per heavy atom. The van der Waals surface area contributed by atoms with Crippen LogP contribution < -0.4 is 4.90 Å². The highest BCUT2D eigenvalue weighted by molar-refractivity contribution is 5.81. The zero-order valence-corrected chi connectivity index (χ0v) is 11.4. The van der Waals surface area contributed by atoms with E-state index in [0.29, 0.717) is 12.2 Å². The molecule has 0 N–H and O–H groups in total. The molecule has 3 heterocycles. The van der Waals surface area contributed by atoms with Crippen LogP contribution in [0.25, 0.3) is 5.65 Å². The van der Waals surface area contributed by atoms with Gasteiger partial charge in [0.1, 0.15) is 0 Å². The van der Waals surface area contributed by atoms with E-state index >= 15 is 0 Å². The molecule has 0 radical (unpaired) electrons. The Morgan fingerprint density at radius 2 is 2.20 bits per heavy atom. The molecule has 0 bridgehead atoms. The predicted octanol–water partition coefficient (Wildman–Crippen LogP) is -0.0320. The molecular weight excluding hydrogens is 258 g/mol. The fourth-order valence-corrected chi connectivity index (χ4v) is 2.43. The van der Waals surface area contributed by atoms with Crippen molar-refractivity contribution in [3.63, 3.8) is 0 Å². The van der Waals surface area contributed by atoms with Crippen molar-refractivity contribution in [2.24, 2.45) is 0 Å². The van der Waals surface area contributed by atoms with Crippen LogP contribution in [0.1, 0.15) is 19.8 Å². The van der Waals surface area contributed by atoms with E-state index in [1.807, 2.05) is 21.9 Å². The van der Waals surface area contributed by atoms with E-state index in [0.717, 1.165) is 38.3 Å². The van der Waals surface area contributed by atoms with Crippen LogP contribution in [-0.4, -0.2) is 62.2 Å². The van der Waals surface area contributed by atoms with Gasteiger partial charge in [0, 0.05) is 19.6 Å². The van der Waals surface area contributed by atoms with Gasteiger partial charge in [-0.3, -0.25) is 4.79 Å². The molecule has 106 valence electrons. The number of hydrogen-bond acceptors (Lipinski definition) is 6. The second-order valence-corrected chi connectivity index (χ2v) is 4.87. The number of amides is 1. The molecule has 20 heavy (non-hydrogen) atoms. The average molecular weight is 275 g/mol. The van der Waals surface area contributed by atoms with Gasteiger partial charge in [0.25, 0.3) is 0 Å². The SMILES string of the molecule is CCCN1CCCN(c2ccc3nnnn3n2)CC1=O. The Morgan fingerprint density at radius 3 is 3.05 bits per heavy atom. The summed E-state index contributed by atoms with van der Waals surface area (Å²) < 4.78 is 1.38. The fourth-order valence-electron chi connectivity index (χ4n) is 2.43. The summed E-state index contributed by atoms with van der Waals surface area (Å²) in [5.41, 5.74) is 0.600. The smallest absolute Gasteiger partial charge is 0.242 e. The second-order valence-electron chi connectivity index (χ2n) is 4.87. The molecular formula is C12H17N7O. The number of carbonyl (C=O) groups is 1. The lowest BCUT2D eigenvalue weighted by Crippen LogP contribution is -2.37. The molecule has 0 atom stereocenters. The highest BCUT2D eigenvalue weighted by atomic mass is 16.2. The summed E-state index contributed by atoms with van der Waals surface area (Å²) in [5.74, 6) is 0.888. The maximum atomic E-state index is 12.2. The zero-order chi connectivity index (χ0) is 13.9. The highest BCUT2D eigenvalue weighted by Gasteiger charge is 2.22. The van der Waals surface area contributed by atoms with E-state index in [4.69, 9.17) is 0 Å². The lowest BCUT2D eigenvalue weighted by Gasteiger charge is -2.21. The summed E-state index contributed by atoms with van der Waals surface area (Å²) in [7, 11) is 0. The molecule has 1 aliphatic heterocycles. The largest absolute Gasteiger partial charge is 0.346 e. The van der Waals surface area contributed by atoms with Gasteiger partial charge in [-0.2, -0.15) is 0 Å². The summed E-state index contributed by atoms with van der Waals surface area (Å²) in [6.45, 7) is 4.90. The van der Waals surface area contributed by atoms with Gasteiger partial charge in [-0.15, -0.1) is 14.8 Å². The Bertz CT molecular complexity index is 611. The first kappa shape index (κ1) is 12.8. The van der Waals surface area contributed by atoms with E-state index in [1.165, 1.54) is 4.63 Å². The van der Waals surface area contributed by atoms with Crippen molar-refractivity contribution >= 4 is 17.4 Å². The minimum Gasteiger partial charge on any atom is -0.346 e. The van der Waals surface area contributed by atoms with Crippen LogP contribution in [0.4, 0.5) is 5.82 Å². The molecule has 1 amide bonds. The van der Waals surface area contributed by atoms with Gasteiger partial charge in [-0.05, 0) is 35.4 Å². The van der Waals surface area contributed by atoms with Crippen molar-refractivity contribution < 1.29 is 4.79 Å². The van der Waals surface area contributed by atoms with Crippen LogP contribution in [-0.2, 0) is 4.79 Å². The normalized spacial score (nSPS) is 16.8. The number of tetrazole rings is 1. The Balaban J connectivity index is 1.81. The fraction of sp³-hybridized carbons (Fsp3) is 0.583. The van der Waals surface area contributed by atoms with E-state index in [2.05, 4.69) is 27.5 Å². The summed E-state index contributed by atoms with van der Waals surface area (Å²) in [6, 6.07) is 3.66. The molecule has 0 spiro atoms. The second kappa shape index (κ2) is 5.40. The van der Waals surface area contributed by atoms with Crippen LogP contribution in [0.3, 0.4) is 0 Å². The maximum absolute atomic E-state index is 12.2. The lowest BCUT2D eigenvalue weighted by molar-refractivity contribution is -0.129. The van der Waals surface area contributed by atoms with Gasteiger partial charge >= 0.3 is 0 Å². The van der Waals surface area contributed by atoms with Gasteiger partial charge < -0.3 is 9.80 Å². The molecule has 2 aromatic rings. The first-order chi connectivity index (χ1) is 9.78. The van der Waals surface area contributed by atoms with Crippen LogP contribution in [0.2, 0.25) is 0 Å². The number of hydrogen-bond donors (Lipinski definition) is 0. The van der Waals surface area contributed by atoms with E-state index in [9.17, 15) is 4.79 Å². The van der Waals surface area contributed by atoms with Crippen LogP contribution >= 0.6 is 0 Å². The van der Waals surface area contributed by atoms with Crippen molar-refractivity contribution in [3.05, 3.63) is 12.1 Å². The molecule has 2 aromatic heterocycles. The van der Waals surface area contributed by atoms with E-state index in [1.54, 1.807) is 0 Å². The van der Waals surface area contributed by atoms with Crippen molar-refractivity contribution in [1.29, 1.82) is 0 Å². The number of fused-ring (bicyclic) bond motifs is 1. The van der Waals surface area contributed by atoms with Gasteiger partial charge in [0.15, 0.2) is 11.5 Å². The summed E-state index contributed by atoms with van der Waals surface area (Å²) in [6.07, 6.45) is 1.93. The number of nitrogens with zero attached hydrogens (tertiary/aromatic N) is 7. The molecule has 0 aromatic carbocycles. The quantitative estimate of drug-likeness (QED) is 0.782. The standard InChI is InChI=1S/C12H17N7O/c1-2-6-17-7-3-8-18(9-12(17)20)11-5-4-10-13-15-16-19(10)14-11/h4-5H,2-3,6-9H2,1H3. The van der Waals surface area contributed by atoms with Crippen molar-refractivity contribution in [2.75, 3.05) is 31.1 Å². The minimum absolute atomic E-state index is 0.156. The monoisotopic (exact) mass is 275 g/mol. The molecule has 8 nitrogen and oxygen atoms in total. The van der Waals surface area contributed by atoms with Crippen LogP contribution in [0.5, 0.6) is 0 Å². The van der Waals surface area contributed by atoms with Crippen LogP contribution in [0.15, 0.2) is 12.1 Å². The minimum atomic E-state index is 0.156. The van der Waals surface area contributed by atoms with Crippen molar-refractivity contribution in [1.82, 2.24) is 30.2 Å². The van der Waals surface area contributed by atoms with Gasteiger partial charge in [-0.25, -0.2) is 0 Å². The first-order valence-corrected chi connectivity index (χ1v) is 6.86. The Kier molecular flexibility index (Phi) is 3.44. The third-order valence-corrected chi connectivity index (χ3v) is 3.41. The van der Waals surface area contributed by atoms with E-state index < -0.39 is 0 Å². The Labute approximate surface area is 116 Å². The van der Waals surface area contributed by atoms with Crippen molar-refractivity contribution in [3.8, 4) is 0 Å². The molecule has 3 rings (SSSR count). The van der Waals surface area contributed by atoms with Crippen LogP contribution in [0, 0.1) is 0 Å². The average Bonchev–Trinajstić information content (AvgIpc) is 2.84. The lowest BCUT2D eigenvalue weighted by atomic mass is 10.3. The predicted molar refractivity (Wildman–Crippen MR) is 72.3 cm³/mol. The third-order valence-electron chi connectivity index (χ3n) is 3.41. The first-order valence-electron chi connectivity index (χ1n) is 6.86. The maximum Gasteiger partial charge on any atom is 0.242 e. The molecule has 1 fully saturated rings. The molecule has 0 saturated carbocycles. The van der Waals surface area contributed by atoms with E-state index in [-0.39, 0.29) is 5.91 Å². The molecule has 0 aliphatic carbocycles. The molecule has 1 aliphatic rings. The molecule has 1 saturated heterocycles.